The number of aromatic nitrogens is 2. The van der Waals surface area contributed by atoms with E-state index in [2.05, 4.69) is 20.7 Å². The molecule has 0 unspecified atom stereocenters. The van der Waals surface area contributed by atoms with Crippen molar-refractivity contribution in [2.75, 3.05) is 10.7 Å². The number of nitrogens with two attached hydrogens (primary N) is 1. The molecule has 0 fully saturated rings. The summed E-state index contributed by atoms with van der Waals surface area (Å²) < 4.78 is 39.6. The molecule has 8 heteroatoms. The van der Waals surface area contributed by atoms with Gasteiger partial charge < -0.3 is 10.7 Å². The van der Waals surface area contributed by atoms with Crippen molar-refractivity contribution in [3.05, 3.63) is 41.5 Å². The van der Waals surface area contributed by atoms with E-state index in [1.165, 1.54) is 6.33 Å². The molecule has 2 rings (SSSR count). The summed E-state index contributed by atoms with van der Waals surface area (Å²) in [6.45, 7) is 1.83. The zero-order valence-electron chi connectivity index (χ0n) is 10.5. The van der Waals surface area contributed by atoms with Crippen LogP contribution in [0.4, 0.5) is 30.5 Å². The maximum absolute atomic E-state index is 13.6. The Balaban J connectivity index is 2.42. The summed E-state index contributed by atoms with van der Waals surface area (Å²) in [5, 5.41) is 2.61. The van der Waals surface area contributed by atoms with Gasteiger partial charge in [0.1, 0.15) is 23.8 Å². The average Bonchev–Trinajstić information content (AvgIpc) is 2.44. The van der Waals surface area contributed by atoms with E-state index in [9.17, 15) is 13.2 Å². The molecule has 0 bridgehead atoms. The van der Waals surface area contributed by atoms with Crippen LogP contribution in [0.2, 0.25) is 0 Å². The largest absolute Gasteiger partial charge is 0.337 e. The van der Waals surface area contributed by atoms with E-state index >= 15 is 0 Å². The lowest BCUT2D eigenvalue weighted by molar-refractivity contribution is 0.496. The van der Waals surface area contributed by atoms with Crippen molar-refractivity contribution in [3.8, 4) is 0 Å². The fraction of sp³-hybridized carbons (Fsp3) is 0.167. The summed E-state index contributed by atoms with van der Waals surface area (Å²) in [4.78, 5) is 7.86. The van der Waals surface area contributed by atoms with Gasteiger partial charge in [0.05, 0.1) is 5.69 Å². The first-order valence-electron chi connectivity index (χ1n) is 5.78. The minimum atomic E-state index is -1.25. The molecular weight excluding hydrogens is 271 g/mol. The molecule has 2 aromatic rings. The number of nitrogen functional groups attached to an aromatic ring is 1. The van der Waals surface area contributed by atoms with Crippen LogP contribution in [0.5, 0.6) is 0 Å². The van der Waals surface area contributed by atoms with E-state index in [1.807, 2.05) is 6.92 Å². The van der Waals surface area contributed by atoms with Crippen molar-refractivity contribution in [1.29, 1.82) is 0 Å². The highest BCUT2D eigenvalue weighted by atomic mass is 19.2. The van der Waals surface area contributed by atoms with Crippen LogP contribution in [-0.2, 0) is 6.42 Å². The highest BCUT2D eigenvalue weighted by Crippen LogP contribution is 2.26. The van der Waals surface area contributed by atoms with Gasteiger partial charge in [-0.05, 0) is 6.42 Å². The molecule has 5 nitrogen and oxygen atoms in total. The molecule has 20 heavy (non-hydrogen) atoms. The Labute approximate surface area is 113 Å². The van der Waals surface area contributed by atoms with E-state index in [4.69, 9.17) is 5.84 Å². The lowest BCUT2D eigenvalue weighted by atomic mass is 10.2. The van der Waals surface area contributed by atoms with Crippen LogP contribution in [0, 0.1) is 17.5 Å². The van der Waals surface area contributed by atoms with Crippen LogP contribution < -0.4 is 16.6 Å². The van der Waals surface area contributed by atoms with Crippen LogP contribution in [0.1, 0.15) is 12.5 Å². The Kier molecular flexibility index (Phi) is 4.04. The van der Waals surface area contributed by atoms with Crippen LogP contribution in [0.15, 0.2) is 18.5 Å². The Bertz CT molecular complexity index is 633. The van der Waals surface area contributed by atoms with Gasteiger partial charge in [0.15, 0.2) is 11.6 Å². The number of rotatable bonds is 4. The molecule has 0 spiro atoms. The number of benzene rings is 1. The number of nitrogens with one attached hydrogen (secondary N) is 2. The first-order valence-corrected chi connectivity index (χ1v) is 5.78. The molecule has 1 aromatic heterocycles. The molecule has 1 heterocycles. The first kappa shape index (κ1) is 14.1. The molecule has 0 atom stereocenters. The zero-order valence-corrected chi connectivity index (χ0v) is 10.5. The third-order valence-electron chi connectivity index (χ3n) is 2.70. The summed E-state index contributed by atoms with van der Waals surface area (Å²) in [6.07, 6.45) is 1.72. The van der Waals surface area contributed by atoms with Crippen molar-refractivity contribution >= 4 is 17.3 Å². The van der Waals surface area contributed by atoms with Gasteiger partial charge in [0.25, 0.3) is 0 Å². The van der Waals surface area contributed by atoms with Crippen molar-refractivity contribution < 1.29 is 13.2 Å². The molecule has 4 N–H and O–H groups in total. The van der Waals surface area contributed by atoms with Gasteiger partial charge in [-0.15, -0.1) is 0 Å². The summed E-state index contributed by atoms with van der Waals surface area (Å²) in [6, 6.07) is 1.19. The second-order valence-corrected chi connectivity index (χ2v) is 3.92. The van der Waals surface area contributed by atoms with Crippen LogP contribution in [-0.4, -0.2) is 9.97 Å². The molecule has 106 valence electrons. The topological polar surface area (TPSA) is 75.9 Å². The maximum atomic E-state index is 13.6. The minimum Gasteiger partial charge on any atom is -0.337 e. The van der Waals surface area contributed by atoms with Crippen LogP contribution in [0.25, 0.3) is 0 Å². The summed E-state index contributed by atoms with van der Waals surface area (Å²) in [5.74, 6) is 2.61. The lowest BCUT2D eigenvalue weighted by Crippen LogP contribution is -2.13. The third-order valence-corrected chi connectivity index (χ3v) is 2.70. The lowest BCUT2D eigenvalue weighted by Gasteiger charge is -2.13. The smallest absolute Gasteiger partial charge is 0.161 e. The van der Waals surface area contributed by atoms with E-state index in [-0.39, 0.29) is 11.5 Å². The fourth-order valence-electron chi connectivity index (χ4n) is 1.73. The Morgan fingerprint density at radius 2 is 1.70 bits per heavy atom. The highest BCUT2D eigenvalue weighted by molar-refractivity contribution is 5.65. The van der Waals surface area contributed by atoms with Crippen molar-refractivity contribution in [2.45, 2.75) is 13.3 Å². The molecule has 0 amide bonds. The predicted molar refractivity (Wildman–Crippen MR) is 68.8 cm³/mol. The van der Waals surface area contributed by atoms with Gasteiger partial charge in [-0.25, -0.2) is 29.0 Å². The van der Waals surface area contributed by atoms with Crippen molar-refractivity contribution in [3.63, 3.8) is 0 Å². The molecule has 0 saturated heterocycles. The number of anilines is 3. The predicted octanol–water partition coefficient (Wildman–Crippen LogP) is 2.49. The molecule has 0 radical (unpaired) electrons. The van der Waals surface area contributed by atoms with Crippen LogP contribution in [0.3, 0.4) is 0 Å². The Morgan fingerprint density at radius 3 is 2.35 bits per heavy atom. The number of nitrogens with zero attached hydrogens (tertiary/aromatic N) is 2. The first-order chi connectivity index (χ1) is 9.56. The molecule has 0 aliphatic rings. The summed E-state index contributed by atoms with van der Waals surface area (Å²) in [7, 11) is 0. The van der Waals surface area contributed by atoms with Gasteiger partial charge in [0, 0.05) is 17.7 Å². The molecule has 0 saturated carbocycles. The Morgan fingerprint density at radius 1 is 1.05 bits per heavy atom. The zero-order chi connectivity index (χ0) is 14.7. The maximum Gasteiger partial charge on any atom is 0.161 e. The molecule has 0 aliphatic heterocycles. The van der Waals surface area contributed by atoms with Crippen molar-refractivity contribution in [2.24, 2.45) is 5.84 Å². The number of hydrogen-bond acceptors (Lipinski definition) is 5. The summed E-state index contributed by atoms with van der Waals surface area (Å²) >= 11 is 0. The summed E-state index contributed by atoms with van der Waals surface area (Å²) in [5.41, 5.74) is 2.76. The normalized spacial score (nSPS) is 10.4. The number of halogens is 3. The van der Waals surface area contributed by atoms with E-state index in [0.717, 1.165) is 6.07 Å². The number of hydrogen-bond donors (Lipinski definition) is 3. The van der Waals surface area contributed by atoms with E-state index in [1.54, 1.807) is 0 Å². The molecule has 1 aromatic carbocycles. The van der Waals surface area contributed by atoms with Gasteiger partial charge in [0.2, 0.25) is 0 Å². The Hall–Kier alpha value is -2.35. The number of hydrazine groups is 1. The van der Waals surface area contributed by atoms with Crippen molar-refractivity contribution in [1.82, 2.24) is 9.97 Å². The van der Waals surface area contributed by atoms with Gasteiger partial charge in [-0.1, -0.05) is 6.92 Å². The SMILES string of the molecule is CCc1c(NN)ncnc1Nc1cc(F)c(F)cc1F. The van der Waals surface area contributed by atoms with Gasteiger partial charge in [-0.2, -0.15) is 0 Å². The van der Waals surface area contributed by atoms with E-state index < -0.39 is 17.5 Å². The minimum absolute atomic E-state index is 0.222. The molecule has 0 aliphatic carbocycles. The van der Waals surface area contributed by atoms with Crippen LogP contribution >= 0.6 is 0 Å². The average molecular weight is 283 g/mol. The monoisotopic (exact) mass is 283 g/mol. The third kappa shape index (κ3) is 2.64. The highest BCUT2D eigenvalue weighted by Gasteiger charge is 2.14. The fourth-order valence-corrected chi connectivity index (χ4v) is 1.73. The van der Waals surface area contributed by atoms with Gasteiger partial charge >= 0.3 is 0 Å². The molecular formula is C12H12F3N5. The quantitative estimate of drug-likeness (QED) is 0.456. The second kappa shape index (κ2) is 5.74. The second-order valence-electron chi connectivity index (χ2n) is 3.92. The standard InChI is InChI=1S/C12H12F3N5/c1-2-6-11(17-5-18-12(6)20-16)19-10-4-8(14)7(13)3-9(10)15/h3-5H,2,16H2,1H3,(H2,17,18,19,20). The van der Waals surface area contributed by atoms with Gasteiger partial charge in [-0.3, -0.25) is 0 Å². The van der Waals surface area contributed by atoms with E-state index in [0.29, 0.717) is 23.9 Å².